The van der Waals surface area contributed by atoms with E-state index in [0.717, 1.165) is 31.5 Å². The molecule has 17 heavy (non-hydrogen) atoms. The average Bonchev–Trinajstić information content (AvgIpc) is 2.40. The lowest BCUT2D eigenvalue weighted by molar-refractivity contribution is 0.264. The van der Waals surface area contributed by atoms with Crippen LogP contribution in [0.15, 0.2) is 30.3 Å². The molecule has 0 bridgehead atoms. The molecule has 0 radical (unpaired) electrons. The minimum atomic E-state index is 0.771. The van der Waals surface area contributed by atoms with Crippen molar-refractivity contribution in [2.45, 2.75) is 32.2 Å². The molecule has 1 fully saturated rings. The van der Waals surface area contributed by atoms with E-state index in [2.05, 4.69) is 35.6 Å². The monoisotopic (exact) mass is 232 g/mol. The van der Waals surface area contributed by atoms with Crippen LogP contribution in [0.1, 0.15) is 31.2 Å². The molecule has 0 aliphatic heterocycles. The van der Waals surface area contributed by atoms with Gasteiger partial charge in [-0.1, -0.05) is 36.8 Å². The molecular formula is C15H24N2. The molecule has 1 saturated carbocycles. The maximum absolute atomic E-state index is 5.76. The Labute approximate surface area is 105 Å². The largest absolute Gasteiger partial charge is 0.330 e. The summed E-state index contributed by atoms with van der Waals surface area (Å²) in [5.41, 5.74) is 7.14. The van der Waals surface area contributed by atoms with Crippen LogP contribution in [0, 0.1) is 11.8 Å². The first-order valence-corrected chi connectivity index (χ1v) is 6.83. The van der Waals surface area contributed by atoms with Crippen molar-refractivity contribution in [3.05, 3.63) is 35.9 Å². The molecule has 94 valence electrons. The number of hydrogen-bond donors (Lipinski definition) is 2. The van der Waals surface area contributed by atoms with E-state index >= 15 is 0 Å². The Morgan fingerprint density at radius 2 is 1.88 bits per heavy atom. The van der Waals surface area contributed by atoms with E-state index in [-0.39, 0.29) is 0 Å². The van der Waals surface area contributed by atoms with E-state index in [9.17, 15) is 0 Å². The standard InChI is InChI=1S/C15H24N2/c16-10-14-7-4-8-15(9-14)12-17-11-13-5-2-1-3-6-13/h1-3,5-6,14-15,17H,4,7-12,16H2. The fourth-order valence-electron chi connectivity index (χ4n) is 2.82. The minimum Gasteiger partial charge on any atom is -0.330 e. The van der Waals surface area contributed by atoms with Gasteiger partial charge in [0, 0.05) is 6.54 Å². The lowest BCUT2D eigenvalue weighted by Gasteiger charge is -2.28. The van der Waals surface area contributed by atoms with Gasteiger partial charge in [0.1, 0.15) is 0 Å². The van der Waals surface area contributed by atoms with E-state index < -0.39 is 0 Å². The topological polar surface area (TPSA) is 38.0 Å². The number of benzene rings is 1. The summed E-state index contributed by atoms with van der Waals surface area (Å²) >= 11 is 0. The molecule has 2 heteroatoms. The van der Waals surface area contributed by atoms with Crippen LogP contribution >= 0.6 is 0 Å². The summed E-state index contributed by atoms with van der Waals surface area (Å²) < 4.78 is 0. The van der Waals surface area contributed by atoms with E-state index in [1.54, 1.807) is 0 Å². The van der Waals surface area contributed by atoms with Crippen LogP contribution in [-0.4, -0.2) is 13.1 Å². The first kappa shape index (κ1) is 12.6. The van der Waals surface area contributed by atoms with Crippen molar-refractivity contribution in [1.29, 1.82) is 0 Å². The van der Waals surface area contributed by atoms with Crippen LogP contribution < -0.4 is 11.1 Å². The second kappa shape index (κ2) is 6.77. The zero-order valence-electron chi connectivity index (χ0n) is 10.6. The van der Waals surface area contributed by atoms with Gasteiger partial charge in [-0.15, -0.1) is 0 Å². The van der Waals surface area contributed by atoms with E-state index in [1.807, 2.05) is 0 Å². The average molecular weight is 232 g/mol. The highest BCUT2D eigenvalue weighted by Gasteiger charge is 2.20. The van der Waals surface area contributed by atoms with Gasteiger partial charge in [-0.25, -0.2) is 0 Å². The quantitative estimate of drug-likeness (QED) is 0.818. The first-order valence-electron chi connectivity index (χ1n) is 6.83. The highest BCUT2D eigenvalue weighted by Crippen LogP contribution is 2.27. The van der Waals surface area contributed by atoms with E-state index in [1.165, 1.54) is 31.2 Å². The van der Waals surface area contributed by atoms with Gasteiger partial charge in [-0.05, 0) is 49.8 Å². The van der Waals surface area contributed by atoms with Crippen LogP contribution in [0.25, 0.3) is 0 Å². The Morgan fingerprint density at radius 1 is 1.12 bits per heavy atom. The Balaban J connectivity index is 1.68. The lowest BCUT2D eigenvalue weighted by Crippen LogP contribution is -2.29. The van der Waals surface area contributed by atoms with Crippen LogP contribution in [0.3, 0.4) is 0 Å². The summed E-state index contributed by atoms with van der Waals surface area (Å²) in [5, 5.41) is 3.58. The van der Waals surface area contributed by atoms with Gasteiger partial charge in [0.15, 0.2) is 0 Å². The molecule has 1 aromatic carbocycles. The summed E-state index contributed by atoms with van der Waals surface area (Å²) in [6, 6.07) is 10.6. The normalized spacial score (nSPS) is 24.8. The van der Waals surface area contributed by atoms with Gasteiger partial charge in [0.25, 0.3) is 0 Å². The second-order valence-corrected chi connectivity index (χ2v) is 5.25. The molecule has 1 aromatic rings. The van der Waals surface area contributed by atoms with Gasteiger partial charge in [-0.3, -0.25) is 0 Å². The van der Waals surface area contributed by atoms with Crippen LogP contribution in [-0.2, 0) is 6.54 Å². The summed E-state index contributed by atoms with van der Waals surface area (Å²) in [7, 11) is 0. The maximum Gasteiger partial charge on any atom is 0.0205 e. The minimum absolute atomic E-state index is 0.771. The Hall–Kier alpha value is -0.860. The highest BCUT2D eigenvalue weighted by atomic mass is 14.9. The SMILES string of the molecule is NCC1CCCC(CNCc2ccccc2)C1. The van der Waals surface area contributed by atoms with Crippen molar-refractivity contribution in [2.75, 3.05) is 13.1 Å². The van der Waals surface area contributed by atoms with Crippen LogP contribution in [0.5, 0.6) is 0 Å². The molecule has 1 aliphatic rings. The van der Waals surface area contributed by atoms with Gasteiger partial charge in [0.2, 0.25) is 0 Å². The molecule has 2 atom stereocenters. The smallest absolute Gasteiger partial charge is 0.0205 e. The molecule has 0 aromatic heterocycles. The van der Waals surface area contributed by atoms with Gasteiger partial charge in [-0.2, -0.15) is 0 Å². The Kier molecular flexibility index (Phi) is 5.02. The van der Waals surface area contributed by atoms with Crippen molar-refractivity contribution in [3.8, 4) is 0 Å². The molecular weight excluding hydrogens is 208 g/mol. The highest BCUT2D eigenvalue weighted by molar-refractivity contribution is 5.14. The van der Waals surface area contributed by atoms with E-state index in [4.69, 9.17) is 5.73 Å². The number of nitrogens with two attached hydrogens (primary N) is 1. The fourth-order valence-corrected chi connectivity index (χ4v) is 2.82. The third-order valence-electron chi connectivity index (χ3n) is 3.83. The fraction of sp³-hybridized carbons (Fsp3) is 0.600. The van der Waals surface area contributed by atoms with Crippen LogP contribution in [0.2, 0.25) is 0 Å². The summed E-state index contributed by atoms with van der Waals surface area (Å²) in [6.45, 7) is 3.01. The van der Waals surface area contributed by atoms with Gasteiger partial charge < -0.3 is 11.1 Å². The lowest BCUT2D eigenvalue weighted by atomic mass is 9.81. The Bertz CT molecular complexity index is 310. The van der Waals surface area contributed by atoms with Gasteiger partial charge >= 0.3 is 0 Å². The molecule has 1 aliphatic carbocycles. The third kappa shape index (κ3) is 4.14. The second-order valence-electron chi connectivity index (χ2n) is 5.25. The van der Waals surface area contributed by atoms with Crippen molar-refractivity contribution < 1.29 is 0 Å². The molecule has 0 amide bonds. The zero-order valence-corrected chi connectivity index (χ0v) is 10.6. The molecule has 2 rings (SSSR count). The van der Waals surface area contributed by atoms with Gasteiger partial charge in [0.05, 0.1) is 0 Å². The predicted molar refractivity (Wildman–Crippen MR) is 72.7 cm³/mol. The molecule has 2 unspecified atom stereocenters. The molecule has 0 spiro atoms. The van der Waals surface area contributed by atoms with Crippen molar-refractivity contribution in [1.82, 2.24) is 5.32 Å². The molecule has 0 saturated heterocycles. The predicted octanol–water partition coefficient (Wildman–Crippen LogP) is 2.54. The van der Waals surface area contributed by atoms with Crippen molar-refractivity contribution >= 4 is 0 Å². The Morgan fingerprint density at radius 3 is 2.65 bits per heavy atom. The maximum atomic E-state index is 5.76. The molecule has 3 N–H and O–H groups in total. The third-order valence-corrected chi connectivity index (χ3v) is 3.83. The van der Waals surface area contributed by atoms with Crippen LogP contribution in [0.4, 0.5) is 0 Å². The zero-order chi connectivity index (χ0) is 11.9. The van der Waals surface area contributed by atoms with Crippen molar-refractivity contribution in [2.24, 2.45) is 17.6 Å². The number of nitrogens with one attached hydrogen (secondary N) is 1. The number of rotatable bonds is 5. The molecule has 2 nitrogen and oxygen atoms in total. The summed E-state index contributed by atoms with van der Waals surface area (Å²) in [6.07, 6.45) is 5.39. The summed E-state index contributed by atoms with van der Waals surface area (Å²) in [5.74, 6) is 1.60. The summed E-state index contributed by atoms with van der Waals surface area (Å²) in [4.78, 5) is 0. The first-order chi connectivity index (χ1) is 8.38. The van der Waals surface area contributed by atoms with E-state index in [0.29, 0.717) is 0 Å². The molecule has 0 heterocycles. The van der Waals surface area contributed by atoms with Crippen molar-refractivity contribution in [3.63, 3.8) is 0 Å². The number of hydrogen-bond acceptors (Lipinski definition) is 2.